The summed E-state index contributed by atoms with van der Waals surface area (Å²) in [5.41, 5.74) is -0.966. The maximum Gasteiger partial charge on any atom is 0.303 e. The van der Waals surface area contributed by atoms with E-state index in [4.69, 9.17) is 0 Å². The van der Waals surface area contributed by atoms with Crippen LogP contribution in [0.1, 0.15) is 5.56 Å². The van der Waals surface area contributed by atoms with Crippen LogP contribution in [0.5, 0.6) is 5.88 Å². The van der Waals surface area contributed by atoms with Crippen LogP contribution in [0.25, 0.3) is 10.9 Å². The second kappa shape index (κ2) is 6.71. The van der Waals surface area contributed by atoms with Crippen LogP contribution in [0.2, 0.25) is 0 Å². The molecule has 0 atom stereocenters. The van der Waals surface area contributed by atoms with Gasteiger partial charge < -0.3 is 10.1 Å². The lowest BCUT2D eigenvalue weighted by molar-refractivity contribution is -0.393. The number of fused-ring (bicyclic) bond motifs is 1. The van der Waals surface area contributed by atoms with Gasteiger partial charge in [0, 0.05) is 23.6 Å². The fraction of sp³-hybridized carbons (Fsp3) is 0.0667. The molecule has 0 fully saturated rings. The fourth-order valence-electron chi connectivity index (χ4n) is 2.59. The van der Waals surface area contributed by atoms with Gasteiger partial charge in [0.05, 0.1) is 26.4 Å². The normalized spacial score (nSPS) is 11.2. The van der Waals surface area contributed by atoms with Crippen molar-refractivity contribution in [2.75, 3.05) is 0 Å². The Morgan fingerprint density at radius 3 is 2.21 bits per heavy atom. The molecule has 3 aromatic rings. The van der Waals surface area contributed by atoms with Crippen LogP contribution < -0.4 is 0 Å². The number of hydrogen-bond acceptors (Lipinski definition) is 9. The molecule has 2 aromatic carbocycles. The van der Waals surface area contributed by atoms with E-state index >= 15 is 0 Å². The lowest BCUT2D eigenvalue weighted by Gasteiger charge is -1.98. The first-order valence-corrected chi connectivity index (χ1v) is 7.53. The van der Waals surface area contributed by atoms with E-state index in [0.717, 1.165) is 18.2 Å². The zero-order valence-electron chi connectivity index (χ0n) is 14.0. The standard InChI is InChI=1S/C15H10N6O7/c1-7-4-9(20(25)26)5-10-13(7)16-15(22)14(10)18-17-11-3-2-8(19(23)24)6-12(11)21(27)28/h2-6,16,22H,1H3. The SMILES string of the molecule is Cc1cc([N+](=O)[O-])cc2c(N=Nc3ccc([N+](=O)[O-])cc3[N+](=O)[O-])c(O)[nH]c12. The van der Waals surface area contributed by atoms with Crippen molar-refractivity contribution in [1.29, 1.82) is 0 Å². The number of nitrogens with zero attached hydrogens (tertiary/aromatic N) is 5. The molecule has 1 aromatic heterocycles. The average Bonchev–Trinajstić information content (AvgIpc) is 2.95. The summed E-state index contributed by atoms with van der Waals surface area (Å²) < 4.78 is 0. The van der Waals surface area contributed by atoms with Crippen molar-refractivity contribution in [2.24, 2.45) is 10.2 Å². The minimum absolute atomic E-state index is 0.158. The fourth-order valence-corrected chi connectivity index (χ4v) is 2.59. The van der Waals surface area contributed by atoms with Gasteiger partial charge in [0.15, 0.2) is 11.4 Å². The molecule has 0 saturated carbocycles. The molecule has 28 heavy (non-hydrogen) atoms. The largest absolute Gasteiger partial charge is 0.493 e. The maximum atomic E-state index is 11.2. The molecule has 0 spiro atoms. The van der Waals surface area contributed by atoms with Crippen LogP contribution in [0.15, 0.2) is 40.6 Å². The number of nitrogens with one attached hydrogen (secondary N) is 1. The van der Waals surface area contributed by atoms with Crippen LogP contribution >= 0.6 is 0 Å². The third-order valence-electron chi connectivity index (χ3n) is 3.88. The molecule has 13 nitrogen and oxygen atoms in total. The minimum Gasteiger partial charge on any atom is -0.493 e. The summed E-state index contributed by atoms with van der Waals surface area (Å²) in [6.45, 7) is 1.59. The van der Waals surface area contributed by atoms with E-state index in [1.54, 1.807) is 6.92 Å². The van der Waals surface area contributed by atoms with E-state index in [9.17, 15) is 35.4 Å². The zero-order chi connectivity index (χ0) is 20.6. The van der Waals surface area contributed by atoms with Gasteiger partial charge in [-0.25, -0.2) is 0 Å². The number of aromatic nitrogens is 1. The van der Waals surface area contributed by atoms with Gasteiger partial charge >= 0.3 is 5.69 Å². The van der Waals surface area contributed by atoms with Crippen molar-refractivity contribution >= 4 is 39.3 Å². The average molecular weight is 386 g/mol. The second-order valence-electron chi connectivity index (χ2n) is 5.65. The third kappa shape index (κ3) is 3.18. The number of H-pyrrole nitrogens is 1. The van der Waals surface area contributed by atoms with Crippen LogP contribution in [0, 0.1) is 37.3 Å². The molecule has 3 rings (SSSR count). The maximum absolute atomic E-state index is 11.2. The number of aryl methyl sites for hydroxylation is 1. The number of rotatable bonds is 5. The quantitative estimate of drug-likeness (QED) is 0.370. The molecule has 0 unspecified atom stereocenters. The van der Waals surface area contributed by atoms with Crippen LogP contribution in [-0.4, -0.2) is 24.9 Å². The Labute approximate surface area is 154 Å². The smallest absolute Gasteiger partial charge is 0.303 e. The lowest BCUT2D eigenvalue weighted by Crippen LogP contribution is -1.92. The van der Waals surface area contributed by atoms with Crippen molar-refractivity contribution in [1.82, 2.24) is 4.98 Å². The van der Waals surface area contributed by atoms with Gasteiger partial charge in [-0.15, -0.1) is 10.2 Å². The number of non-ortho nitro benzene ring substituents is 2. The molecular formula is C15H10N6O7. The first kappa shape index (κ1) is 18.4. The summed E-state index contributed by atoms with van der Waals surface area (Å²) in [4.78, 5) is 33.3. The molecule has 142 valence electrons. The Morgan fingerprint density at radius 2 is 1.61 bits per heavy atom. The van der Waals surface area contributed by atoms with Gasteiger partial charge in [0.25, 0.3) is 11.4 Å². The number of aromatic amines is 1. The number of benzene rings is 2. The molecule has 0 amide bonds. The summed E-state index contributed by atoms with van der Waals surface area (Å²) in [6, 6.07) is 5.28. The number of azo groups is 1. The van der Waals surface area contributed by atoms with E-state index < -0.39 is 32.0 Å². The molecule has 0 aliphatic rings. The Balaban J connectivity index is 2.14. The van der Waals surface area contributed by atoms with Crippen LogP contribution in [-0.2, 0) is 0 Å². The van der Waals surface area contributed by atoms with E-state index in [2.05, 4.69) is 15.2 Å². The first-order chi connectivity index (χ1) is 13.2. The molecule has 0 saturated heterocycles. The summed E-state index contributed by atoms with van der Waals surface area (Å²) >= 11 is 0. The van der Waals surface area contributed by atoms with Gasteiger partial charge in [-0.1, -0.05) is 0 Å². The Bertz CT molecular complexity index is 1180. The topological polar surface area (TPSA) is 190 Å². The van der Waals surface area contributed by atoms with E-state index in [-0.39, 0.29) is 22.4 Å². The van der Waals surface area contributed by atoms with E-state index in [1.807, 2.05) is 0 Å². The van der Waals surface area contributed by atoms with Crippen molar-refractivity contribution < 1.29 is 19.9 Å². The van der Waals surface area contributed by atoms with Gasteiger partial charge in [-0.2, -0.15) is 0 Å². The molecule has 0 aliphatic heterocycles. The molecule has 2 N–H and O–H groups in total. The lowest BCUT2D eigenvalue weighted by atomic mass is 10.1. The highest BCUT2D eigenvalue weighted by molar-refractivity contribution is 5.97. The highest BCUT2D eigenvalue weighted by atomic mass is 16.6. The molecule has 1 heterocycles. The highest BCUT2D eigenvalue weighted by Gasteiger charge is 2.21. The summed E-state index contributed by atoms with van der Waals surface area (Å²) in [5.74, 6) is -0.438. The Morgan fingerprint density at radius 1 is 0.929 bits per heavy atom. The monoisotopic (exact) mass is 386 g/mol. The predicted molar refractivity (Wildman–Crippen MR) is 95.3 cm³/mol. The molecule has 13 heteroatoms. The van der Waals surface area contributed by atoms with Gasteiger partial charge in [-0.3, -0.25) is 30.3 Å². The van der Waals surface area contributed by atoms with Crippen molar-refractivity contribution in [2.45, 2.75) is 6.92 Å². The van der Waals surface area contributed by atoms with E-state index in [0.29, 0.717) is 11.1 Å². The molecule has 0 aliphatic carbocycles. The van der Waals surface area contributed by atoms with Crippen LogP contribution in [0.4, 0.5) is 28.4 Å². The Hall–Kier alpha value is -4.42. The number of nitro benzene ring substituents is 3. The summed E-state index contributed by atoms with van der Waals surface area (Å²) in [6.07, 6.45) is 0. The summed E-state index contributed by atoms with van der Waals surface area (Å²) in [5, 5.41) is 50.7. The third-order valence-corrected chi connectivity index (χ3v) is 3.88. The van der Waals surface area contributed by atoms with Gasteiger partial charge in [0.1, 0.15) is 0 Å². The first-order valence-electron chi connectivity index (χ1n) is 7.53. The van der Waals surface area contributed by atoms with Crippen molar-refractivity contribution in [3.05, 3.63) is 66.2 Å². The number of nitro groups is 3. The molecular weight excluding hydrogens is 376 g/mol. The van der Waals surface area contributed by atoms with Crippen molar-refractivity contribution in [3.8, 4) is 5.88 Å². The second-order valence-corrected chi connectivity index (χ2v) is 5.65. The molecule has 0 radical (unpaired) electrons. The number of aromatic hydroxyl groups is 1. The number of hydrogen-bond donors (Lipinski definition) is 2. The highest BCUT2D eigenvalue weighted by Crippen LogP contribution is 2.40. The Kier molecular flexibility index (Phi) is 4.40. The van der Waals surface area contributed by atoms with Gasteiger partial charge in [-0.05, 0) is 18.6 Å². The van der Waals surface area contributed by atoms with E-state index in [1.165, 1.54) is 12.1 Å². The van der Waals surface area contributed by atoms with Crippen molar-refractivity contribution in [3.63, 3.8) is 0 Å². The molecule has 0 bridgehead atoms. The van der Waals surface area contributed by atoms with Crippen LogP contribution in [0.3, 0.4) is 0 Å². The summed E-state index contributed by atoms with van der Waals surface area (Å²) in [7, 11) is 0. The van der Waals surface area contributed by atoms with Gasteiger partial charge in [0.2, 0.25) is 5.88 Å². The minimum atomic E-state index is -0.856. The zero-order valence-corrected chi connectivity index (χ0v) is 14.0. The predicted octanol–water partition coefficient (Wildman–Crippen LogP) is 4.32.